The lowest BCUT2D eigenvalue weighted by molar-refractivity contribution is 0.156. The SMILES string of the molecule is Cc1ccc(C(C2CCCNC2)N(C)C)o1. The summed E-state index contributed by atoms with van der Waals surface area (Å²) in [6.07, 6.45) is 2.56. The van der Waals surface area contributed by atoms with Crippen molar-refractivity contribution in [2.45, 2.75) is 25.8 Å². The number of nitrogens with zero attached hydrogens (tertiary/aromatic N) is 1. The monoisotopic (exact) mass is 222 g/mol. The summed E-state index contributed by atoms with van der Waals surface area (Å²) in [5.74, 6) is 2.77. The largest absolute Gasteiger partial charge is 0.465 e. The van der Waals surface area contributed by atoms with Crippen molar-refractivity contribution in [1.82, 2.24) is 10.2 Å². The Kier molecular flexibility index (Phi) is 3.66. The standard InChI is InChI=1S/C13H22N2O/c1-10-6-7-12(16-10)13(15(2)3)11-5-4-8-14-9-11/h6-7,11,13-14H,4-5,8-9H2,1-3H3. The van der Waals surface area contributed by atoms with E-state index in [1.807, 2.05) is 6.92 Å². The molecule has 0 bridgehead atoms. The Bertz CT molecular complexity index is 326. The fourth-order valence-corrected chi connectivity index (χ4v) is 2.67. The van der Waals surface area contributed by atoms with Gasteiger partial charge in [-0.3, -0.25) is 4.90 Å². The highest BCUT2D eigenvalue weighted by Crippen LogP contribution is 2.32. The molecule has 1 saturated heterocycles. The minimum Gasteiger partial charge on any atom is -0.465 e. The van der Waals surface area contributed by atoms with Gasteiger partial charge in [-0.15, -0.1) is 0 Å². The lowest BCUT2D eigenvalue weighted by atomic mass is 9.89. The molecule has 0 spiro atoms. The lowest BCUT2D eigenvalue weighted by Crippen LogP contribution is -2.38. The Morgan fingerprint density at radius 1 is 1.44 bits per heavy atom. The van der Waals surface area contributed by atoms with Crippen molar-refractivity contribution in [3.63, 3.8) is 0 Å². The Morgan fingerprint density at radius 3 is 2.75 bits per heavy atom. The second-order valence-corrected chi connectivity index (χ2v) is 4.96. The topological polar surface area (TPSA) is 28.4 Å². The van der Waals surface area contributed by atoms with E-state index >= 15 is 0 Å². The van der Waals surface area contributed by atoms with Crippen molar-refractivity contribution in [2.75, 3.05) is 27.2 Å². The van der Waals surface area contributed by atoms with Crippen LogP contribution in [0, 0.1) is 12.8 Å². The Labute approximate surface area is 97.8 Å². The molecule has 16 heavy (non-hydrogen) atoms. The summed E-state index contributed by atoms with van der Waals surface area (Å²) in [5, 5.41) is 3.48. The number of furan rings is 1. The van der Waals surface area contributed by atoms with E-state index in [0.29, 0.717) is 12.0 Å². The third-order valence-electron chi connectivity index (χ3n) is 3.39. The lowest BCUT2D eigenvalue weighted by Gasteiger charge is -2.33. The van der Waals surface area contributed by atoms with Crippen LogP contribution in [0.1, 0.15) is 30.4 Å². The number of piperidine rings is 1. The molecule has 0 saturated carbocycles. The number of hydrogen-bond donors (Lipinski definition) is 1. The van der Waals surface area contributed by atoms with Crippen LogP contribution in [-0.2, 0) is 0 Å². The zero-order valence-corrected chi connectivity index (χ0v) is 10.5. The highest BCUT2D eigenvalue weighted by atomic mass is 16.3. The Hall–Kier alpha value is -0.800. The molecule has 0 radical (unpaired) electrons. The van der Waals surface area contributed by atoms with Gasteiger partial charge in [0, 0.05) is 0 Å². The molecule has 1 N–H and O–H groups in total. The van der Waals surface area contributed by atoms with Crippen molar-refractivity contribution in [3.8, 4) is 0 Å². The summed E-state index contributed by atoms with van der Waals surface area (Å²) in [5.41, 5.74) is 0. The van der Waals surface area contributed by atoms with Gasteiger partial charge in [-0.2, -0.15) is 0 Å². The van der Waals surface area contributed by atoms with E-state index in [2.05, 4.69) is 36.4 Å². The van der Waals surface area contributed by atoms with Crippen molar-refractivity contribution < 1.29 is 4.42 Å². The fraction of sp³-hybridized carbons (Fsp3) is 0.692. The highest BCUT2D eigenvalue weighted by Gasteiger charge is 2.28. The molecule has 1 aliphatic heterocycles. The van der Waals surface area contributed by atoms with Gasteiger partial charge in [0.05, 0.1) is 6.04 Å². The molecular formula is C13H22N2O. The zero-order valence-electron chi connectivity index (χ0n) is 10.5. The number of rotatable bonds is 3. The van der Waals surface area contributed by atoms with Gasteiger partial charge in [-0.1, -0.05) is 0 Å². The second kappa shape index (κ2) is 5.02. The van der Waals surface area contributed by atoms with Crippen LogP contribution in [0.3, 0.4) is 0 Å². The summed E-state index contributed by atoms with van der Waals surface area (Å²) in [4.78, 5) is 2.27. The zero-order chi connectivity index (χ0) is 11.5. The van der Waals surface area contributed by atoms with Crippen LogP contribution < -0.4 is 5.32 Å². The summed E-state index contributed by atoms with van der Waals surface area (Å²) in [6.45, 7) is 4.27. The van der Waals surface area contributed by atoms with Crippen LogP contribution in [-0.4, -0.2) is 32.1 Å². The van der Waals surface area contributed by atoms with E-state index < -0.39 is 0 Å². The van der Waals surface area contributed by atoms with E-state index in [9.17, 15) is 0 Å². The van der Waals surface area contributed by atoms with E-state index in [1.54, 1.807) is 0 Å². The molecule has 1 aromatic rings. The van der Waals surface area contributed by atoms with Crippen LogP contribution in [0.2, 0.25) is 0 Å². The smallest absolute Gasteiger partial charge is 0.121 e. The highest BCUT2D eigenvalue weighted by molar-refractivity contribution is 5.11. The van der Waals surface area contributed by atoms with Gasteiger partial charge in [0.25, 0.3) is 0 Å². The predicted molar refractivity (Wildman–Crippen MR) is 65.5 cm³/mol. The molecule has 90 valence electrons. The van der Waals surface area contributed by atoms with Crippen molar-refractivity contribution in [1.29, 1.82) is 0 Å². The molecule has 2 atom stereocenters. The molecule has 2 rings (SSSR count). The van der Waals surface area contributed by atoms with E-state index in [4.69, 9.17) is 4.42 Å². The first-order valence-corrected chi connectivity index (χ1v) is 6.12. The van der Waals surface area contributed by atoms with Gasteiger partial charge in [0.2, 0.25) is 0 Å². The molecule has 2 heterocycles. The number of nitrogens with one attached hydrogen (secondary N) is 1. The first kappa shape index (κ1) is 11.7. The predicted octanol–water partition coefficient (Wildman–Crippen LogP) is 2.19. The molecule has 0 aliphatic carbocycles. The molecule has 3 heteroatoms. The Morgan fingerprint density at radius 2 is 2.25 bits per heavy atom. The molecule has 1 fully saturated rings. The first-order chi connectivity index (χ1) is 7.68. The average molecular weight is 222 g/mol. The third kappa shape index (κ3) is 2.47. The van der Waals surface area contributed by atoms with Crippen LogP contribution >= 0.6 is 0 Å². The molecule has 2 unspecified atom stereocenters. The van der Waals surface area contributed by atoms with Crippen molar-refractivity contribution in [2.24, 2.45) is 5.92 Å². The van der Waals surface area contributed by atoms with E-state index in [-0.39, 0.29) is 0 Å². The van der Waals surface area contributed by atoms with Crippen LogP contribution in [0.5, 0.6) is 0 Å². The molecule has 0 amide bonds. The van der Waals surface area contributed by atoms with Crippen LogP contribution in [0.25, 0.3) is 0 Å². The molecule has 1 aliphatic rings. The first-order valence-electron chi connectivity index (χ1n) is 6.12. The van der Waals surface area contributed by atoms with Gasteiger partial charge < -0.3 is 9.73 Å². The minimum atomic E-state index is 0.404. The minimum absolute atomic E-state index is 0.404. The number of aryl methyl sites for hydroxylation is 1. The quantitative estimate of drug-likeness (QED) is 0.850. The van der Waals surface area contributed by atoms with Crippen molar-refractivity contribution >= 4 is 0 Å². The van der Waals surface area contributed by atoms with Crippen LogP contribution in [0.4, 0.5) is 0 Å². The van der Waals surface area contributed by atoms with Crippen molar-refractivity contribution in [3.05, 3.63) is 23.7 Å². The fourth-order valence-electron chi connectivity index (χ4n) is 2.67. The van der Waals surface area contributed by atoms with Gasteiger partial charge in [0.1, 0.15) is 11.5 Å². The summed E-state index contributed by atoms with van der Waals surface area (Å²) >= 11 is 0. The molecular weight excluding hydrogens is 200 g/mol. The van der Waals surface area contributed by atoms with E-state index in [0.717, 1.165) is 24.6 Å². The number of hydrogen-bond acceptors (Lipinski definition) is 3. The van der Waals surface area contributed by atoms with Gasteiger partial charge in [-0.05, 0) is 65.0 Å². The molecule has 0 aromatic carbocycles. The average Bonchev–Trinajstić information content (AvgIpc) is 2.66. The Balaban J connectivity index is 2.16. The van der Waals surface area contributed by atoms with Gasteiger partial charge >= 0.3 is 0 Å². The van der Waals surface area contributed by atoms with Crippen LogP contribution in [0.15, 0.2) is 16.5 Å². The normalized spacial score (nSPS) is 23.6. The molecule has 1 aromatic heterocycles. The summed E-state index contributed by atoms with van der Waals surface area (Å²) in [7, 11) is 4.27. The second-order valence-electron chi connectivity index (χ2n) is 4.96. The maximum Gasteiger partial charge on any atom is 0.121 e. The van der Waals surface area contributed by atoms with Gasteiger partial charge in [0.15, 0.2) is 0 Å². The summed E-state index contributed by atoms with van der Waals surface area (Å²) in [6, 6.07) is 4.58. The van der Waals surface area contributed by atoms with Gasteiger partial charge in [-0.25, -0.2) is 0 Å². The van der Waals surface area contributed by atoms with E-state index in [1.165, 1.54) is 12.8 Å². The maximum absolute atomic E-state index is 5.79. The third-order valence-corrected chi connectivity index (χ3v) is 3.39. The summed E-state index contributed by atoms with van der Waals surface area (Å²) < 4.78 is 5.79. The maximum atomic E-state index is 5.79. The molecule has 3 nitrogen and oxygen atoms in total.